The van der Waals surface area contributed by atoms with Crippen LogP contribution in [0.3, 0.4) is 0 Å². The third-order valence-electron chi connectivity index (χ3n) is 2.22. The zero-order valence-electron chi connectivity index (χ0n) is 8.01. The molecule has 2 atom stereocenters. The third kappa shape index (κ3) is 2.31. The van der Waals surface area contributed by atoms with Gasteiger partial charge in [0, 0.05) is 11.3 Å². The average Bonchev–Trinajstić information content (AvgIpc) is 2.18. The Labute approximate surface area is 81.9 Å². The standard InChI is InChI=1S/C9H13NO4/c1-2-14-9(11)7-5-3-4-6-8(7)10(12)13/h3,5,7-8H,2,4,6H2,1H3. The van der Waals surface area contributed by atoms with Gasteiger partial charge in [0.1, 0.15) is 5.92 Å². The predicted octanol–water partition coefficient (Wildman–Crippen LogP) is 1.16. The van der Waals surface area contributed by atoms with Crippen LogP contribution in [0, 0.1) is 16.0 Å². The summed E-state index contributed by atoms with van der Waals surface area (Å²) in [5, 5.41) is 10.6. The minimum atomic E-state index is -0.820. The van der Waals surface area contributed by atoms with Gasteiger partial charge in [-0.05, 0) is 13.3 Å². The van der Waals surface area contributed by atoms with E-state index in [1.807, 2.05) is 0 Å². The molecule has 0 aromatic heterocycles. The van der Waals surface area contributed by atoms with Crippen LogP contribution in [0.2, 0.25) is 0 Å². The number of rotatable bonds is 3. The molecular weight excluding hydrogens is 186 g/mol. The minimum absolute atomic E-state index is 0.258. The van der Waals surface area contributed by atoms with Crippen LogP contribution in [0.15, 0.2) is 12.2 Å². The molecular formula is C9H13NO4. The number of allylic oxidation sites excluding steroid dienone is 1. The van der Waals surface area contributed by atoms with E-state index in [9.17, 15) is 14.9 Å². The number of esters is 1. The molecule has 5 heteroatoms. The SMILES string of the molecule is CCOC(=O)C1C=CCCC1[N+](=O)[O-]. The molecule has 1 aliphatic carbocycles. The van der Waals surface area contributed by atoms with Gasteiger partial charge in [-0.25, -0.2) is 0 Å². The summed E-state index contributed by atoms with van der Waals surface area (Å²) in [4.78, 5) is 21.6. The number of carbonyl (C=O) groups is 1. The van der Waals surface area contributed by atoms with E-state index in [4.69, 9.17) is 4.74 Å². The van der Waals surface area contributed by atoms with Gasteiger partial charge in [0.15, 0.2) is 0 Å². The maximum absolute atomic E-state index is 11.3. The van der Waals surface area contributed by atoms with Crippen molar-refractivity contribution in [3.8, 4) is 0 Å². The van der Waals surface area contributed by atoms with Crippen molar-refractivity contribution in [2.45, 2.75) is 25.8 Å². The van der Waals surface area contributed by atoms with E-state index in [1.165, 1.54) is 0 Å². The van der Waals surface area contributed by atoms with E-state index >= 15 is 0 Å². The molecule has 0 fully saturated rings. The molecule has 0 aliphatic heterocycles. The Morgan fingerprint density at radius 2 is 2.43 bits per heavy atom. The van der Waals surface area contributed by atoms with Crippen LogP contribution in [0.25, 0.3) is 0 Å². The quantitative estimate of drug-likeness (QED) is 0.296. The van der Waals surface area contributed by atoms with Crippen LogP contribution in [0.1, 0.15) is 19.8 Å². The van der Waals surface area contributed by atoms with Gasteiger partial charge < -0.3 is 4.74 Å². The molecule has 0 heterocycles. The molecule has 0 bridgehead atoms. The first-order chi connectivity index (χ1) is 6.66. The Bertz CT molecular complexity index is 262. The second kappa shape index (κ2) is 4.74. The molecule has 0 aromatic carbocycles. The Balaban J connectivity index is 2.71. The van der Waals surface area contributed by atoms with Gasteiger partial charge in [0.2, 0.25) is 6.04 Å². The predicted molar refractivity (Wildman–Crippen MR) is 49.3 cm³/mol. The maximum atomic E-state index is 11.3. The Morgan fingerprint density at radius 3 is 3.00 bits per heavy atom. The topological polar surface area (TPSA) is 69.4 Å². The molecule has 5 nitrogen and oxygen atoms in total. The number of carbonyl (C=O) groups excluding carboxylic acids is 1. The summed E-state index contributed by atoms with van der Waals surface area (Å²) >= 11 is 0. The van der Waals surface area contributed by atoms with Crippen LogP contribution >= 0.6 is 0 Å². The van der Waals surface area contributed by atoms with Crippen LogP contribution in [-0.2, 0) is 9.53 Å². The molecule has 2 unspecified atom stereocenters. The van der Waals surface area contributed by atoms with Crippen LogP contribution in [0.4, 0.5) is 0 Å². The lowest BCUT2D eigenvalue weighted by Crippen LogP contribution is -2.36. The van der Waals surface area contributed by atoms with Gasteiger partial charge in [-0.2, -0.15) is 0 Å². The van der Waals surface area contributed by atoms with Crippen molar-refractivity contribution in [1.82, 2.24) is 0 Å². The van der Waals surface area contributed by atoms with Crippen molar-refractivity contribution in [3.63, 3.8) is 0 Å². The first kappa shape index (κ1) is 10.7. The van der Waals surface area contributed by atoms with Gasteiger partial charge in [-0.3, -0.25) is 14.9 Å². The number of nitrogens with zero attached hydrogens (tertiary/aromatic N) is 1. The highest BCUT2D eigenvalue weighted by atomic mass is 16.6. The third-order valence-corrected chi connectivity index (χ3v) is 2.22. The van der Waals surface area contributed by atoms with Crippen molar-refractivity contribution in [1.29, 1.82) is 0 Å². The first-order valence-corrected chi connectivity index (χ1v) is 4.63. The van der Waals surface area contributed by atoms with E-state index in [-0.39, 0.29) is 6.61 Å². The highest BCUT2D eigenvalue weighted by Gasteiger charge is 2.37. The molecule has 1 rings (SSSR count). The zero-order valence-corrected chi connectivity index (χ0v) is 8.01. The smallest absolute Gasteiger partial charge is 0.319 e. The molecule has 0 N–H and O–H groups in total. The van der Waals surface area contributed by atoms with Crippen molar-refractivity contribution in [3.05, 3.63) is 22.3 Å². The molecule has 0 amide bonds. The summed E-state index contributed by atoms with van der Waals surface area (Å²) in [6.45, 7) is 1.94. The van der Waals surface area contributed by atoms with Crippen molar-refractivity contribution < 1.29 is 14.5 Å². The molecule has 78 valence electrons. The van der Waals surface area contributed by atoms with Crippen molar-refractivity contribution in [2.75, 3.05) is 6.61 Å². The lowest BCUT2D eigenvalue weighted by atomic mass is 9.91. The molecule has 0 saturated carbocycles. The fourth-order valence-electron chi connectivity index (χ4n) is 1.53. The van der Waals surface area contributed by atoms with Crippen LogP contribution < -0.4 is 0 Å². The van der Waals surface area contributed by atoms with Crippen molar-refractivity contribution >= 4 is 5.97 Å². The maximum Gasteiger partial charge on any atom is 0.319 e. The fraction of sp³-hybridized carbons (Fsp3) is 0.667. The molecule has 0 radical (unpaired) electrons. The minimum Gasteiger partial charge on any atom is -0.465 e. The van der Waals surface area contributed by atoms with E-state index in [1.54, 1.807) is 19.1 Å². The molecule has 1 aliphatic rings. The molecule has 0 aromatic rings. The van der Waals surface area contributed by atoms with Crippen LogP contribution in [0.5, 0.6) is 0 Å². The monoisotopic (exact) mass is 199 g/mol. The van der Waals surface area contributed by atoms with Gasteiger partial charge in [0.25, 0.3) is 0 Å². The lowest BCUT2D eigenvalue weighted by Gasteiger charge is -2.19. The average molecular weight is 199 g/mol. The summed E-state index contributed by atoms with van der Waals surface area (Å²) in [7, 11) is 0. The number of nitro groups is 1. The molecule has 14 heavy (non-hydrogen) atoms. The Kier molecular flexibility index (Phi) is 3.62. The van der Waals surface area contributed by atoms with Gasteiger partial charge in [-0.1, -0.05) is 12.2 Å². The Hall–Kier alpha value is -1.39. The van der Waals surface area contributed by atoms with Gasteiger partial charge >= 0.3 is 5.97 Å². The molecule has 0 saturated heterocycles. The van der Waals surface area contributed by atoms with E-state index in [2.05, 4.69) is 0 Å². The normalized spacial score (nSPS) is 25.8. The van der Waals surface area contributed by atoms with Crippen LogP contribution in [-0.4, -0.2) is 23.5 Å². The zero-order chi connectivity index (χ0) is 10.6. The first-order valence-electron chi connectivity index (χ1n) is 4.63. The fourth-order valence-corrected chi connectivity index (χ4v) is 1.53. The lowest BCUT2D eigenvalue weighted by molar-refractivity contribution is -0.529. The van der Waals surface area contributed by atoms with Gasteiger partial charge in [-0.15, -0.1) is 0 Å². The number of hydrogen-bond acceptors (Lipinski definition) is 4. The summed E-state index contributed by atoms with van der Waals surface area (Å²) in [5.41, 5.74) is 0. The number of ether oxygens (including phenoxy) is 1. The Morgan fingerprint density at radius 1 is 1.71 bits per heavy atom. The van der Waals surface area contributed by atoms with Gasteiger partial charge in [0.05, 0.1) is 6.61 Å². The summed E-state index contributed by atoms with van der Waals surface area (Å²) in [6, 6.07) is -0.820. The summed E-state index contributed by atoms with van der Waals surface area (Å²) in [5.74, 6) is -1.20. The molecule has 0 spiro atoms. The second-order valence-electron chi connectivity index (χ2n) is 3.14. The highest BCUT2D eigenvalue weighted by molar-refractivity contribution is 5.75. The van der Waals surface area contributed by atoms with E-state index in [0.29, 0.717) is 12.8 Å². The second-order valence-corrected chi connectivity index (χ2v) is 3.14. The summed E-state index contributed by atoms with van der Waals surface area (Å²) < 4.78 is 4.77. The highest BCUT2D eigenvalue weighted by Crippen LogP contribution is 2.21. The largest absolute Gasteiger partial charge is 0.465 e. The van der Waals surface area contributed by atoms with E-state index in [0.717, 1.165) is 0 Å². The van der Waals surface area contributed by atoms with E-state index < -0.39 is 22.9 Å². The summed E-state index contributed by atoms with van der Waals surface area (Å²) in [6.07, 6.45) is 4.44. The number of hydrogen-bond donors (Lipinski definition) is 0. The van der Waals surface area contributed by atoms with Crippen molar-refractivity contribution in [2.24, 2.45) is 5.92 Å².